The van der Waals surface area contributed by atoms with Crippen LogP contribution < -0.4 is 5.43 Å². The van der Waals surface area contributed by atoms with Gasteiger partial charge in [-0.2, -0.15) is 0 Å². The standard InChI is InChI=1S/C36H61N3O11/c1-13-15-16-26(40)37-39-30-21(5)27(41)19(3)18-35(8,46-12)31(49-33-29(43)24(38(10)11)17-20(4)47-33)22(6)28(42)23(7)32(44)48-25(14-2)36(30,9)50-34(39)45/h19-25,29-31,33,43H,13-18H2,1-12H3,(H,37,40)/t19-,20-,21-,22+,23-,24+,25+,29-,30-,31-,33+,35-,36-/m1/s1. The summed E-state index contributed by atoms with van der Waals surface area (Å²) in [5, 5.41) is 12.4. The smallest absolute Gasteiger partial charge is 0.429 e. The number of ether oxygens (including phenoxy) is 5. The second kappa shape index (κ2) is 16.8. The third-order valence-corrected chi connectivity index (χ3v) is 11.1. The Bertz CT molecular complexity index is 1250. The van der Waals surface area contributed by atoms with Crippen LogP contribution in [-0.4, -0.2) is 120 Å². The first-order valence-electron chi connectivity index (χ1n) is 18.1. The van der Waals surface area contributed by atoms with E-state index in [2.05, 4.69) is 5.43 Å². The molecule has 13 atom stereocenters. The number of hydrazine groups is 1. The average molecular weight is 712 g/mol. The first kappa shape index (κ1) is 41.8. The zero-order valence-corrected chi connectivity index (χ0v) is 32.0. The fourth-order valence-corrected chi connectivity index (χ4v) is 8.01. The molecule has 0 aromatic rings. The summed E-state index contributed by atoms with van der Waals surface area (Å²) in [7, 11) is 5.16. The molecule has 286 valence electrons. The number of hydrogen-bond donors (Lipinski definition) is 2. The molecule has 0 unspecified atom stereocenters. The van der Waals surface area contributed by atoms with Crippen LogP contribution in [0.2, 0.25) is 0 Å². The fourth-order valence-electron chi connectivity index (χ4n) is 8.01. The molecule has 50 heavy (non-hydrogen) atoms. The van der Waals surface area contributed by atoms with E-state index in [-0.39, 0.29) is 37.2 Å². The van der Waals surface area contributed by atoms with Gasteiger partial charge in [0.1, 0.15) is 30.0 Å². The van der Waals surface area contributed by atoms with E-state index in [9.17, 15) is 29.1 Å². The van der Waals surface area contributed by atoms with Crippen LogP contribution in [0.5, 0.6) is 0 Å². The first-order chi connectivity index (χ1) is 23.3. The van der Waals surface area contributed by atoms with Gasteiger partial charge >= 0.3 is 12.1 Å². The largest absolute Gasteiger partial charge is 0.457 e. The second-order valence-electron chi connectivity index (χ2n) is 15.2. The number of carbonyl (C=O) groups excluding carboxylic acids is 5. The summed E-state index contributed by atoms with van der Waals surface area (Å²) in [4.78, 5) is 70.6. The van der Waals surface area contributed by atoms with Crippen molar-refractivity contribution in [2.24, 2.45) is 23.7 Å². The minimum absolute atomic E-state index is 0.0710. The van der Waals surface area contributed by atoms with E-state index in [1.54, 1.807) is 41.5 Å². The maximum Gasteiger partial charge on any atom is 0.429 e. The Morgan fingerprint density at radius 1 is 1.04 bits per heavy atom. The number of nitrogens with zero attached hydrogens (tertiary/aromatic N) is 2. The SMILES string of the molecule is CCCCC(=O)NN1C(=O)O[C@]2(C)[C@H](CC)OC(=O)[C@H](C)C(=O)[C@H](C)[C@@H](O[C@@H]3O[C@H](C)C[C@H](N(C)C)[C@H]3O)[C@](C)(OC)C[C@@H](C)C(=O)[C@@H](C)[C@@H]12. The van der Waals surface area contributed by atoms with E-state index < -0.39 is 89.3 Å². The summed E-state index contributed by atoms with van der Waals surface area (Å²) >= 11 is 0. The molecule has 0 aromatic carbocycles. The van der Waals surface area contributed by atoms with Gasteiger partial charge in [-0.3, -0.25) is 24.6 Å². The van der Waals surface area contributed by atoms with Crippen LogP contribution in [0.4, 0.5) is 4.79 Å². The van der Waals surface area contributed by atoms with Crippen LogP contribution in [0.3, 0.4) is 0 Å². The lowest BCUT2D eigenvalue weighted by molar-refractivity contribution is -0.295. The predicted octanol–water partition coefficient (Wildman–Crippen LogP) is 3.41. The van der Waals surface area contributed by atoms with Crippen molar-refractivity contribution in [2.45, 2.75) is 155 Å². The highest BCUT2D eigenvalue weighted by Gasteiger charge is 2.61. The van der Waals surface area contributed by atoms with E-state index in [1.807, 2.05) is 32.8 Å². The molecule has 0 aromatic heterocycles. The maximum absolute atomic E-state index is 14.4. The number of unbranched alkanes of at least 4 members (excludes halogenated alkanes) is 1. The van der Waals surface area contributed by atoms with Crippen LogP contribution in [0.1, 0.15) is 101 Å². The molecule has 2 amide bonds. The molecule has 3 aliphatic rings. The monoisotopic (exact) mass is 711 g/mol. The van der Waals surface area contributed by atoms with E-state index in [0.717, 1.165) is 11.4 Å². The quantitative estimate of drug-likeness (QED) is 0.264. The number of esters is 1. The topological polar surface area (TPSA) is 170 Å². The highest BCUT2D eigenvalue weighted by atomic mass is 16.7. The van der Waals surface area contributed by atoms with Crippen molar-refractivity contribution in [2.75, 3.05) is 21.2 Å². The molecule has 14 nitrogen and oxygen atoms in total. The summed E-state index contributed by atoms with van der Waals surface area (Å²) < 4.78 is 30.6. The molecule has 3 heterocycles. The van der Waals surface area contributed by atoms with Crippen molar-refractivity contribution < 1.29 is 52.8 Å². The molecule has 3 saturated heterocycles. The Balaban J connectivity index is 2.13. The normalized spacial score (nSPS) is 40.6. The van der Waals surface area contributed by atoms with Gasteiger partial charge in [0, 0.05) is 37.3 Å². The lowest BCUT2D eigenvalue weighted by Crippen LogP contribution is -2.61. The number of Topliss-reactive ketones (excluding diaryl/α,β-unsaturated/α-hetero) is 2. The van der Waals surface area contributed by atoms with Gasteiger partial charge in [0.05, 0.1) is 17.8 Å². The molecule has 3 fully saturated rings. The number of methoxy groups -OCH3 is 1. The third kappa shape index (κ3) is 8.52. The summed E-state index contributed by atoms with van der Waals surface area (Å²) in [6, 6.07) is -1.35. The molecular weight excluding hydrogens is 650 g/mol. The zero-order valence-electron chi connectivity index (χ0n) is 32.0. The Morgan fingerprint density at radius 2 is 1.68 bits per heavy atom. The van der Waals surface area contributed by atoms with Crippen molar-refractivity contribution in [3.8, 4) is 0 Å². The number of hydrogen-bond acceptors (Lipinski definition) is 12. The number of ketones is 2. The van der Waals surface area contributed by atoms with E-state index in [1.165, 1.54) is 14.0 Å². The van der Waals surface area contributed by atoms with Crippen molar-refractivity contribution in [1.82, 2.24) is 15.3 Å². The van der Waals surface area contributed by atoms with E-state index >= 15 is 0 Å². The van der Waals surface area contributed by atoms with Gasteiger partial charge in [-0.15, -0.1) is 0 Å². The van der Waals surface area contributed by atoms with Gasteiger partial charge in [0.25, 0.3) is 0 Å². The predicted molar refractivity (Wildman–Crippen MR) is 182 cm³/mol. The summed E-state index contributed by atoms with van der Waals surface area (Å²) in [5.41, 5.74) is -0.212. The first-order valence-corrected chi connectivity index (χ1v) is 18.1. The van der Waals surface area contributed by atoms with Gasteiger partial charge < -0.3 is 33.7 Å². The molecule has 0 saturated carbocycles. The number of cyclic esters (lactones) is 1. The number of likely N-dealkylation sites (N-methyl/N-ethyl adjacent to an activating group) is 1. The van der Waals surface area contributed by atoms with Gasteiger partial charge in [-0.1, -0.05) is 41.0 Å². The number of nitrogens with one attached hydrogen (secondary N) is 1. The number of fused-ring (bicyclic) bond motifs is 1. The summed E-state index contributed by atoms with van der Waals surface area (Å²) in [6.45, 7) is 15.4. The molecule has 0 radical (unpaired) electrons. The molecule has 3 rings (SSSR count). The molecule has 2 N–H and O–H groups in total. The summed E-state index contributed by atoms with van der Waals surface area (Å²) in [5.74, 6) is -5.88. The third-order valence-electron chi connectivity index (χ3n) is 11.1. The van der Waals surface area contributed by atoms with Gasteiger partial charge in [-0.25, -0.2) is 9.80 Å². The Kier molecular flexibility index (Phi) is 14.0. The Labute approximate surface area is 297 Å². The van der Waals surface area contributed by atoms with Crippen LogP contribution >= 0.6 is 0 Å². The molecule has 14 heteroatoms. The fraction of sp³-hybridized carbons (Fsp3) is 0.861. The number of carbonyl (C=O) groups is 5. The minimum Gasteiger partial charge on any atom is -0.457 e. The second-order valence-corrected chi connectivity index (χ2v) is 15.2. The van der Waals surface area contributed by atoms with Crippen molar-refractivity contribution in [3.05, 3.63) is 0 Å². The zero-order chi connectivity index (χ0) is 37.9. The molecular formula is C36H61N3O11. The van der Waals surface area contributed by atoms with Crippen molar-refractivity contribution >= 4 is 29.5 Å². The van der Waals surface area contributed by atoms with Crippen LogP contribution in [0.15, 0.2) is 0 Å². The highest BCUT2D eigenvalue weighted by molar-refractivity contribution is 6.00. The highest BCUT2D eigenvalue weighted by Crippen LogP contribution is 2.42. The number of rotatable bonds is 9. The van der Waals surface area contributed by atoms with Gasteiger partial charge in [-0.05, 0) is 67.5 Å². The number of aliphatic hydroxyl groups is 1. The maximum atomic E-state index is 14.4. The Morgan fingerprint density at radius 3 is 2.24 bits per heavy atom. The van der Waals surface area contributed by atoms with E-state index in [4.69, 9.17) is 23.7 Å². The molecule has 0 aliphatic carbocycles. The number of aliphatic hydroxyl groups excluding tert-OH is 1. The van der Waals surface area contributed by atoms with Crippen LogP contribution in [-0.2, 0) is 42.9 Å². The average Bonchev–Trinajstić information content (AvgIpc) is 3.32. The van der Waals surface area contributed by atoms with Gasteiger partial charge in [0.2, 0.25) is 5.91 Å². The van der Waals surface area contributed by atoms with Crippen LogP contribution in [0.25, 0.3) is 0 Å². The Hall–Kier alpha value is -2.65. The lowest BCUT2D eigenvalue weighted by atomic mass is 9.73. The van der Waals surface area contributed by atoms with Crippen molar-refractivity contribution in [1.29, 1.82) is 0 Å². The van der Waals surface area contributed by atoms with Crippen LogP contribution in [0, 0.1) is 23.7 Å². The molecule has 0 bridgehead atoms. The lowest BCUT2D eigenvalue weighted by Gasteiger charge is -2.47. The van der Waals surface area contributed by atoms with Gasteiger partial charge in [0.15, 0.2) is 17.7 Å². The minimum atomic E-state index is -1.56. The van der Waals surface area contributed by atoms with E-state index in [0.29, 0.717) is 12.8 Å². The molecule has 0 spiro atoms. The summed E-state index contributed by atoms with van der Waals surface area (Å²) in [6.07, 6.45) is -3.16. The number of amides is 2. The van der Waals surface area contributed by atoms with Crippen molar-refractivity contribution in [3.63, 3.8) is 0 Å². The molecule has 3 aliphatic heterocycles.